The first-order chi connectivity index (χ1) is 9.86. The molecular weight excluding hydrogens is 272 g/mol. The molecule has 5 nitrogen and oxygen atoms in total. The van der Waals surface area contributed by atoms with Crippen molar-refractivity contribution >= 4 is 11.9 Å². The first-order valence-electron chi connectivity index (χ1n) is 7.47. The Morgan fingerprint density at radius 3 is 2.76 bits per heavy atom. The first-order valence-corrected chi connectivity index (χ1v) is 7.47. The van der Waals surface area contributed by atoms with Gasteiger partial charge in [-0.1, -0.05) is 19.9 Å². The second-order valence-electron chi connectivity index (χ2n) is 7.57. The summed E-state index contributed by atoms with van der Waals surface area (Å²) in [7, 11) is 1.39. The summed E-state index contributed by atoms with van der Waals surface area (Å²) in [6, 6.07) is 0. The van der Waals surface area contributed by atoms with Gasteiger partial charge in [-0.05, 0) is 24.2 Å². The fourth-order valence-electron chi connectivity index (χ4n) is 5.19. The summed E-state index contributed by atoms with van der Waals surface area (Å²) in [5.41, 5.74) is -0.353. The van der Waals surface area contributed by atoms with Crippen molar-refractivity contribution in [3.8, 4) is 0 Å². The Balaban J connectivity index is 1.85. The quantitative estimate of drug-likeness (QED) is 0.541. The summed E-state index contributed by atoms with van der Waals surface area (Å²) in [5, 5.41) is 0. The van der Waals surface area contributed by atoms with Gasteiger partial charge in [0.25, 0.3) is 0 Å². The number of epoxide rings is 1. The minimum Gasteiger partial charge on any atom is -0.466 e. The van der Waals surface area contributed by atoms with Gasteiger partial charge in [0.15, 0.2) is 5.60 Å². The maximum absolute atomic E-state index is 12.3. The summed E-state index contributed by atoms with van der Waals surface area (Å²) >= 11 is 0. The van der Waals surface area contributed by atoms with E-state index in [1.807, 2.05) is 6.08 Å². The highest BCUT2D eigenvalue weighted by Gasteiger charge is 2.79. The van der Waals surface area contributed by atoms with Crippen LogP contribution in [-0.2, 0) is 23.8 Å². The topological polar surface area (TPSA) is 65.1 Å². The fourth-order valence-corrected chi connectivity index (χ4v) is 5.19. The van der Waals surface area contributed by atoms with Crippen LogP contribution in [0.1, 0.15) is 26.7 Å². The molecule has 0 unspecified atom stereocenters. The molecule has 0 amide bonds. The van der Waals surface area contributed by atoms with E-state index in [-0.39, 0.29) is 41.2 Å². The molecule has 0 radical (unpaired) electrons. The van der Waals surface area contributed by atoms with E-state index in [0.717, 1.165) is 12.8 Å². The zero-order chi connectivity index (χ0) is 15.0. The Kier molecular flexibility index (Phi) is 2.34. The number of carbonyl (C=O) groups is 2. The molecule has 0 aromatic rings. The van der Waals surface area contributed by atoms with Crippen LogP contribution in [0.5, 0.6) is 0 Å². The number of carbonyl (C=O) groups excluding carboxylic acids is 2. The van der Waals surface area contributed by atoms with Crippen LogP contribution in [0.4, 0.5) is 0 Å². The number of hydrogen-bond acceptors (Lipinski definition) is 5. The van der Waals surface area contributed by atoms with Crippen molar-refractivity contribution in [2.24, 2.45) is 22.7 Å². The standard InChI is InChI=1S/C16H20O5/c1-14(2)5-9-4-10(12(17)19-3)11-6-20-13(18)16(8-21-16)15(9,11)7-14/h4,9,11H,5-8H2,1-3H3/t9-,11+,15-,16-/m1/s1. The SMILES string of the molecule is COC(=O)C1=C[C@@H]2CC(C)(C)C[C@]23[C@H]1COC(=O)[C@]31CO1. The van der Waals surface area contributed by atoms with Gasteiger partial charge in [-0.25, -0.2) is 9.59 Å². The number of ether oxygens (including phenoxy) is 3. The largest absolute Gasteiger partial charge is 0.466 e. The predicted molar refractivity (Wildman–Crippen MR) is 72.2 cm³/mol. The molecule has 0 aromatic heterocycles. The third kappa shape index (κ3) is 1.40. The summed E-state index contributed by atoms with van der Waals surface area (Å²) in [5.74, 6) is -0.472. The Bertz CT molecular complexity index is 571. The van der Waals surface area contributed by atoms with E-state index in [2.05, 4.69) is 13.8 Å². The monoisotopic (exact) mass is 292 g/mol. The Morgan fingerprint density at radius 1 is 1.43 bits per heavy atom. The van der Waals surface area contributed by atoms with Gasteiger partial charge in [0.2, 0.25) is 0 Å². The lowest BCUT2D eigenvalue weighted by atomic mass is 9.61. The molecule has 4 aliphatic rings. The molecule has 21 heavy (non-hydrogen) atoms. The molecule has 2 saturated heterocycles. The molecule has 4 atom stereocenters. The van der Waals surface area contributed by atoms with E-state index < -0.39 is 5.60 Å². The van der Waals surface area contributed by atoms with Crippen LogP contribution in [0.25, 0.3) is 0 Å². The third-order valence-electron chi connectivity index (χ3n) is 5.90. The van der Waals surface area contributed by atoms with Crippen LogP contribution in [0.2, 0.25) is 0 Å². The predicted octanol–water partition coefficient (Wildman–Crippen LogP) is 1.46. The zero-order valence-electron chi connectivity index (χ0n) is 12.6. The van der Waals surface area contributed by atoms with Crippen LogP contribution >= 0.6 is 0 Å². The molecule has 2 heterocycles. The van der Waals surface area contributed by atoms with Crippen LogP contribution < -0.4 is 0 Å². The van der Waals surface area contributed by atoms with Gasteiger partial charge < -0.3 is 14.2 Å². The minimum atomic E-state index is -0.833. The third-order valence-corrected chi connectivity index (χ3v) is 5.90. The number of methoxy groups -OCH3 is 1. The van der Waals surface area contributed by atoms with E-state index in [4.69, 9.17) is 14.2 Å². The van der Waals surface area contributed by atoms with Crippen LogP contribution in [-0.4, -0.2) is 37.9 Å². The van der Waals surface area contributed by atoms with Crippen molar-refractivity contribution < 1.29 is 23.8 Å². The first kappa shape index (κ1) is 13.3. The van der Waals surface area contributed by atoms with Gasteiger partial charge in [0.1, 0.15) is 0 Å². The zero-order valence-corrected chi connectivity index (χ0v) is 12.6. The smallest absolute Gasteiger partial charge is 0.341 e. The van der Waals surface area contributed by atoms with Crippen LogP contribution in [0.3, 0.4) is 0 Å². The maximum Gasteiger partial charge on any atom is 0.341 e. The van der Waals surface area contributed by atoms with E-state index in [9.17, 15) is 9.59 Å². The normalized spacial score (nSPS) is 45.7. The van der Waals surface area contributed by atoms with Crippen molar-refractivity contribution in [1.29, 1.82) is 0 Å². The van der Waals surface area contributed by atoms with Gasteiger partial charge in [-0.15, -0.1) is 0 Å². The summed E-state index contributed by atoms with van der Waals surface area (Å²) in [6.07, 6.45) is 3.86. The number of cyclic esters (lactones) is 1. The van der Waals surface area contributed by atoms with Gasteiger partial charge >= 0.3 is 11.9 Å². The molecule has 0 bridgehead atoms. The average molecular weight is 292 g/mol. The lowest BCUT2D eigenvalue weighted by Gasteiger charge is -2.44. The van der Waals surface area contributed by atoms with E-state index >= 15 is 0 Å². The molecule has 2 spiro atoms. The number of rotatable bonds is 1. The summed E-state index contributed by atoms with van der Waals surface area (Å²) < 4.78 is 15.9. The highest BCUT2D eigenvalue weighted by atomic mass is 16.6. The van der Waals surface area contributed by atoms with Crippen LogP contribution in [0.15, 0.2) is 11.6 Å². The molecule has 0 aromatic carbocycles. The van der Waals surface area contributed by atoms with E-state index in [1.165, 1.54) is 7.11 Å². The Morgan fingerprint density at radius 2 is 2.14 bits per heavy atom. The van der Waals surface area contributed by atoms with Gasteiger partial charge in [0.05, 0.1) is 20.3 Å². The molecule has 2 aliphatic heterocycles. The molecule has 2 aliphatic carbocycles. The Hall–Kier alpha value is -1.36. The van der Waals surface area contributed by atoms with Gasteiger partial charge in [0, 0.05) is 16.9 Å². The van der Waals surface area contributed by atoms with Crippen molar-refractivity contribution in [2.45, 2.75) is 32.3 Å². The van der Waals surface area contributed by atoms with Crippen molar-refractivity contribution in [3.05, 3.63) is 11.6 Å². The average Bonchev–Trinajstić information content (AvgIpc) is 3.10. The molecular formula is C16H20O5. The maximum atomic E-state index is 12.3. The number of hydrogen-bond donors (Lipinski definition) is 0. The molecule has 5 heteroatoms. The summed E-state index contributed by atoms with van der Waals surface area (Å²) in [4.78, 5) is 24.4. The highest BCUT2D eigenvalue weighted by Crippen LogP contribution is 2.71. The molecule has 1 saturated carbocycles. The lowest BCUT2D eigenvalue weighted by molar-refractivity contribution is -0.174. The lowest BCUT2D eigenvalue weighted by Crippen LogP contribution is -2.56. The van der Waals surface area contributed by atoms with Crippen LogP contribution in [0, 0.1) is 22.7 Å². The number of esters is 2. The van der Waals surface area contributed by atoms with E-state index in [0.29, 0.717) is 12.2 Å². The second kappa shape index (κ2) is 3.69. The van der Waals surface area contributed by atoms with Crippen molar-refractivity contribution in [2.75, 3.05) is 20.3 Å². The minimum absolute atomic E-state index is 0.100. The fraction of sp³-hybridized carbons (Fsp3) is 0.750. The summed E-state index contributed by atoms with van der Waals surface area (Å²) in [6.45, 7) is 5.12. The number of allylic oxidation sites excluding steroid dienone is 1. The molecule has 3 fully saturated rings. The van der Waals surface area contributed by atoms with Gasteiger partial charge in [-0.2, -0.15) is 0 Å². The van der Waals surface area contributed by atoms with Gasteiger partial charge in [-0.3, -0.25) is 0 Å². The van der Waals surface area contributed by atoms with E-state index in [1.54, 1.807) is 0 Å². The van der Waals surface area contributed by atoms with Crippen molar-refractivity contribution in [3.63, 3.8) is 0 Å². The molecule has 0 N–H and O–H groups in total. The second-order valence-corrected chi connectivity index (χ2v) is 7.57. The Labute approximate surface area is 123 Å². The molecule has 4 rings (SSSR count). The highest BCUT2D eigenvalue weighted by molar-refractivity contribution is 5.93. The molecule has 114 valence electrons. The van der Waals surface area contributed by atoms with Crippen molar-refractivity contribution in [1.82, 2.24) is 0 Å².